The standard InChI is InChI=1S/C17H25ClN2O2/c1-20(15-8-6-13(12-21)7-9-15)17(22)19-11-10-14-4-2-3-5-16(14)18/h2-5,13,15,21H,6-12H2,1H3,(H,19,22). The number of benzene rings is 1. The van der Waals surface area contributed by atoms with Crippen molar-refractivity contribution < 1.29 is 9.90 Å². The van der Waals surface area contributed by atoms with E-state index in [1.165, 1.54) is 0 Å². The molecule has 0 saturated heterocycles. The van der Waals surface area contributed by atoms with Crippen molar-refractivity contribution in [3.05, 3.63) is 34.9 Å². The van der Waals surface area contributed by atoms with E-state index in [1.54, 1.807) is 4.90 Å². The van der Waals surface area contributed by atoms with Gasteiger partial charge in [0, 0.05) is 31.3 Å². The number of nitrogens with zero attached hydrogens (tertiary/aromatic N) is 1. The number of urea groups is 1. The Morgan fingerprint density at radius 2 is 2.00 bits per heavy atom. The fourth-order valence-electron chi connectivity index (χ4n) is 3.01. The third-order valence-corrected chi connectivity index (χ3v) is 4.94. The highest BCUT2D eigenvalue weighted by Gasteiger charge is 2.25. The van der Waals surface area contributed by atoms with E-state index in [0.29, 0.717) is 12.5 Å². The van der Waals surface area contributed by atoms with Crippen LogP contribution >= 0.6 is 11.6 Å². The average Bonchev–Trinajstić information content (AvgIpc) is 2.56. The maximum absolute atomic E-state index is 12.2. The van der Waals surface area contributed by atoms with E-state index in [-0.39, 0.29) is 18.7 Å². The molecule has 0 aliphatic heterocycles. The molecule has 0 spiro atoms. The summed E-state index contributed by atoms with van der Waals surface area (Å²) in [6, 6.07) is 7.96. The molecule has 0 atom stereocenters. The first kappa shape index (κ1) is 17.1. The van der Waals surface area contributed by atoms with Gasteiger partial charge in [0.2, 0.25) is 0 Å². The number of aliphatic hydroxyl groups excluding tert-OH is 1. The van der Waals surface area contributed by atoms with Gasteiger partial charge in [-0.15, -0.1) is 0 Å². The zero-order valence-electron chi connectivity index (χ0n) is 13.1. The zero-order chi connectivity index (χ0) is 15.9. The van der Waals surface area contributed by atoms with Gasteiger partial charge in [-0.25, -0.2) is 4.79 Å². The van der Waals surface area contributed by atoms with Gasteiger partial charge in [-0.1, -0.05) is 29.8 Å². The predicted molar refractivity (Wildman–Crippen MR) is 89.1 cm³/mol. The van der Waals surface area contributed by atoms with Gasteiger partial charge in [-0.3, -0.25) is 0 Å². The molecule has 0 unspecified atom stereocenters. The Labute approximate surface area is 137 Å². The third kappa shape index (κ3) is 4.62. The van der Waals surface area contributed by atoms with E-state index in [2.05, 4.69) is 5.32 Å². The number of carbonyl (C=O) groups is 1. The highest BCUT2D eigenvalue weighted by atomic mass is 35.5. The van der Waals surface area contributed by atoms with Crippen LogP contribution in [0.5, 0.6) is 0 Å². The molecule has 5 heteroatoms. The Morgan fingerprint density at radius 3 is 2.64 bits per heavy atom. The van der Waals surface area contributed by atoms with E-state index >= 15 is 0 Å². The van der Waals surface area contributed by atoms with Crippen LogP contribution in [0.3, 0.4) is 0 Å². The molecule has 0 bridgehead atoms. The summed E-state index contributed by atoms with van der Waals surface area (Å²) in [6.45, 7) is 0.847. The summed E-state index contributed by atoms with van der Waals surface area (Å²) in [4.78, 5) is 14.0. The van der Waals surface area contributed by atoms with Crippen molar-refractivity contribution in [1.29, 1.82) is 0 Å². The van der Waals surface area contributed by atoms with Gasteiger partial charge in [0.15, 0.2) is 0 Å². The van der Waals surface area contributed by atoms with Crippen LogP contribution in [0, 0.1) is 5.92 Å². The molecular formula is C17H25ClN2O2. The second-order valence-electron chi connectivity index (χ2n) is 6.04. The monoisotopic (exact) mass is 324 g/mol. The molecule has 1 aliphatic rings. The van der Waals surface area contributed by atoms with Crippen LogP contribution in [-0.4, -0.2) is 42.3 Å². The van der Waals surface area contributed by atoms with Gasteiger partial charge < -0.3 is 15.3 Å². The van der Waals surface area contributed by atoms with Crippen molar-refractivity contribution in [1.82, 2.24) is 10.2 Å². The van der Waals surface area contributed by atoms with Crippen molar-refractivity contribution in [2.45, 2.75) is 38.1 Å². The number of aliphatic hydroxyl groups is 1. The molecule has 0 heterocycles. The minimum atomic E-state index is -0.0282. The number of amides is 2. The van der Waals surface area contributed by atoms with Crippen LogP contribution < -0.4 is 5.32 Å². The first-order valence-corrected chi connectivity index (χ1v) is 8.34. The maximum atomic E-state index is 12.2. The molecule has 4 nitrogen and oxygen atoms in total. The number of nitrogens with one attached hydrogen (secondary N) is 1. The number of carbonyl (C=O) groups excluding carboxylic acids is 1. The fourth-order valence-corrected chi connectivity index (χ4v) is 3.24. The normalized spacial score (nSPS) is 21.4. The molecule has 2 amide bonds. The molecule has 2 N–H and O–H groups in total. The smallest absolute Gasteiger partial charge is 0.317 e. The van der Waals surface area contributed by atoms with E-state index in [4.69, 9.17) is 16.7 Å². The Hall–Kier alpha value is -1.26. The van der Waals surface area contributed by atoms with Crippen molar-refractivity contribution in [3.63, 3.8) is 0 Å². The van der Waals surface area contributed by atoms with E-state index in [0.717, 1.165) is 42.7 Å². The fraction of sp³-hybridized carbons (Fsp3) is 0.588. The van der Waals surface area contributed by atoms with Gasteiger partial charge in [0.25, 0.3) is 0 Å². The molecule has 22 heavy (non-hydrogen) atoms. The Morgan fingerprint density at radius 1 is 1.32 bits per heavy atom. The minimum Gasteiger partial charge on any atom is -0.396 e. The second kappa shape index (κ2) is 8.39. The topological polar surface area (TPSA) is 52.6 Å². The number of hydrogen-bond acceptors (Lipinski definition) is 2. The molecule has 0 radical (unpaired) electrons. The van der Waals surface area contributed by atoms with Gasteiger partial charge >= 0.3 is 6.03 Å². The number of rotatable bonds is 5. The molecule has 1 fully saturated rings. The lowest BCUT2D eigenvalue weighted by Gasteiger charge is -2.34. The predicted octanol–water partition coefficient (Wildman–Crippen LogP) is 3.08. The molecule has 1 aromatic rings. The Balaban J connectivity index is 1.74. The lowest BCUT2D eigenvalue weighted by molar-refractivity contribution is 0.134. The summed E-state index contributed by atoms with van der Waals surface area (Å²) in [5.74, 6) is 0.410. The van der Waals surface area contributed by atoms with Crippen LogP contribution in [0.1, 0.15) is 31.2 Å². The third-order valence-electron chi connectivity index (χ3n) is 4.57. The quantitative estimate of drug-likeness (QED) is 0.874. The first-order chi connectivity index (χ1) is 10.6. The van der Waals surface area contributed by atoms with E-state index < -0.39 is 0 Å². The van der Waals surface area contributed by atoms with Crippen molar-refractivity contribution in [2.75, 3.05) is 20.2 Å². The van der Waals surface area contributed by atoms with Crippen LogP contribution in [0.4, 0.5) is 4.79 Å². The first-order valence-electron chi connectivity index (χ1n) is 7.96. The molecule has 2 rings (SSSR count). The largest absolute Gasteiger partial charge is 0.396 e. The van der Waals surface area contributed by atoms with Crippen LogP contribution in [0.15, 0.2) is 24.3 Å². The van der Waals surface area contributed by atoms with Gasteiger partial charge in [0.05, 0.1) is 0 Å². The minimum absolute atomic E-state index is 0.0282. The molecule has 1 saturated carbocycles. The SMILES string of the molecule is CN(C(=O)NCCc1ccccc1Cl)C1CCC(CO)CC1. The maximum Gasteiger partial charge on any atom is 0.317 e. The van der Waals surface area contributed by atoms with E-state index in [9.17, 15) is 4.79 Å². The van der Waals surface area contributed by atoms with Gasteiger partial charge in [-0.05, 0) is 49.7 Å². The van der Waals surface area contributed by atoms with Gasteiger partial charge in [0.1, 0.15) is 0 Å². The van der Waals surface area contributed by atoms with Crippen molar-refractivity contribution in [3.8, 4) is 0 Å². The molecule has 1 aliphatic carbocycles. The Kier molecular flexibility index (Phi) is 6.52. The number of hydrogen-bond donors (Lipinski definition) is 2. The zero-order valence-corrected chi connectivity index (χ0v) is 13.9. The molecule has 0 aromatic heterocycles. The summed E-state index contributed by atoms with van der Waals surface area (Å²) in [5.41, 5.74) is 1.05. The molecule has 122 valence electrons. The van der Waals surface area contributed by atoms with Crippen LogP contribution in [0.2, 0.25) is 5.02 Å². The average molecular weight is 325 g/mol. The Bertz CT molecular complexity index is 487. The highest BCUT2D eigenvalue weighted by Crippen LogP contribution is 2.26. The van der Waals surface area contributed by atoms with Crippen LogP contribution in [-0.2, 0) is 6.42 Å². The van der Waals surface area contributed by atoms with Gasteiger partial charge in [-0.2, -0.15) is 0 Å². The van der Waals surface area contributed by atoms with Crippen molar-refractivity contribution >= 4 is 17.6 Å². The summed E-state index contributed by atoms with van der Waals surface area (Å²) >= 11 is 6.11. The highest BCUT2D eigenvalue weighted by molar-refractivity contribution is 6.31. The van der Waals surface area contributed by atoms with E-state index in [1.807, 2.05) is 31.3 Å². The second-order valence-corrected chi connectivity index (χ2v) is 6.45. The van der Waals surface area contributed by atoms with Crippen LogP contribution in [0.25, 0.3) is 0 Å². The lowest BCUT2D eigenvalue weighted by atomic mass is 9.86. The summed E-state index contributed by atoms with van der Waals surface area (Å²) in [5, 5.41) is 12.9. The van der Waals surface area contributed by atoms with Crippen molar-refractivity contribution in [2.24, 2.45) is 5.92 Å². The molecule has 1 aromatic carbocycles. The molecular weight excluding hydrogens is 300 g/mol. The summed E-state index contributed by atoms with van der Waals surface area (Å²) < 4.78 is 0. The summed E-state index contributed by atoms with van der Waals surface area (Å²) in [6.07, 6.45) is 4.67. The number of halogens is 1. The summed E-state index contributed by atoms with van der Waals surface area (Å²) in [7, 11) is 1.86. The lowest BCUT2D eigenvalue weighted by Crippen LogP contribution is -2.45.